The minimum Gasteiger partial charge on any atom is -0.425 e. The summed E-state index contributed by atoms with van der Waals surface area (Å²) in [6.07, 6.45) is 17.1. The van der Waals surface area contributed by atoms with Crippen LogP contribution in [0.2, 0.25) is 0 Å². The molecular formula is C28H39N3O2. The first kappa shape index (κ1) is 26.5. The molecule has 5 heteroatoms. The first-order valence-electron chi connectivity index (χ1n) is 12.6. The summed E-state index contributed by atoms with van der Waals surface area (Å²) in [7, 11) is 0. The van der Waals surface area contributed by atoms with Crippen LogP contribution in [-0.4, -0.2) is 15.9 Å². The molecule has 0 saturated carbocycles. The molecule has 0 aliphatic rings. The number of hydrogen-bond acceptors (Lipinski definition) is 5. The molecule has 0 N–H and O–H groups in total. The van der Waals surface area contributed by atoms with Crippen LogP contribution in [0.15, 0.2) is 36.7 Å². The van der Waals surface area contributed by atoms with Crippen molar-refractivity contribution in [3.63, 3.8) is 0 Å². The van der Waals surface area contributed by atoms with Gasteiger partial charge < -0.3 is 4.74 Å². The molecule has 1 unspecified atom stereocenters. The van der Waals surface area contributed by atoms with Crippen LogP contribution in [0.3, 0.4) is 0 Å². The van der Waals surface area contributed by atoms with Crippen molar-refractivity contribution < 1.29 is 9.53 Å². The zero-order valence-corrected chi connectivity index (χ0v) is 20.6. The summed E-state index contributed by atoms with van der Waals surface area (Å²) in [5, 5.41) is 9.54. The highest BCUT2D eigenvalue weighted by molar-refractivity contribution is 5.81. The van der Waals surface area contributed by atoms with Crippen molar-refractivity contribution in [3.05, 3.63) is 42.2 Å². The topological polar surface area (TPSA) is 75.9 Å². The summed E-state index contributed by atoms with van der Waals surface area (Å²) in [6.45, 7) is 6.04. The Balaban J connectivity index is 1.87. The number of hydrogen-bond donors (Lipinski definition) is 0. The van der Waals surface area contributed by atoms with Gasteiger partial charge in [0.2, 0.25) is 0 Å². The van der Waals surface area contributed by atoms with E-state index in [1.54, 1.807) is 19.1 Å². The third-order valence-electron chi connectivity index (χ3n) is 6.07. The largest absolute Gasteiger partial charge is 0.425 e. The lowest BCUT2D eigenvalue weighted by Crippen LogP contribution is -2.30. The number of benzene rings is 1. The smallest absolute Gasteiger partial charge is 0.331 e. The third-order valence-corrected chi connectivity index (χ3v) is 6.07. The minimum atomic E-state index is -1.12. The number of carbonyl (C=O) groups is 1. The fourth-order valence-corrected chi connectivity index (χ4v) is 3.74. The van der Waals surface area contributed by atoms with Crippen molar-refractivity contribution in [1.82, 2.24) is 9.97 Å². The van der Waals surface area contributed by atoms with Gasteiger partial charge in [-0.15, -0.1) is 0 Å². The molecule has 5 nitrogen and oxygen atoms in total. The van der Waals surface area contributed by atoms with Crippen molar-refractivity contribution in [2.75, 3.05) is 0 Å². The van der Waals surface area contributed by atoms with E-state index in [4.69, 9.17) is 4.74 Å². The van der Waals surface area contributed by atoms with Gasteiger partial charge in [-0.05, 0) is 56.0 Å². The zero-order chi connectivity index (χ0) is 23.9. The van der Waals surface area contributed by atoms with Crippen LogP contribution < -0.4 is 4.74 Å². The molecule has 0 bridgehead atoms. The van der Waals surface area contributed by atoms with Gasteiger partial charge in [-0.2, -0.15) is 5.26 Å². The maximum Gasteiger partial charge on any atom is 0.331 e. The number of nitrogens with zero attached hydrogens (tertiary/aromatic N) is 3. The van der Waals surface area contributed by atoms with Gasteiger partial charge in [-0.25, -0.2) is 14.8 Å². The molecule has 0 spiro atoms. The fourth-order valence-electron chi connectivity index (χ4n) is 3.74. The molecule has 1 aromatic heterocycles. The molecule has 1 heterocycles. The quantitative estimate of drug-likeness (QED) is 0.160. The second kappa shape index (κ2) is 14.4. The van der Waals surface area contributed by atoms with E-state index in [-0.39, 0.29) is 0 Å². The summed E-state index contributed by atoms with van der Waals surface area (Å²) in [6, 6.07) is 9.30. The molecular weight excluding hydrogens is 410 g/mol. The van der Waals surface area contributed by atoms with Crippen LogP contribution in [0.25, 0.3) is 11.4 Å². The monoisotopic (exact) mass is 449 g/mol. The second-order valence-corrected chi connectivity index (χ2v) is 9.10. The molecule has 2 rings (SSSR count). The summed E-state index contributed by atoms with van der Waals surface area (Å²) in [5.41, 5.74) is 0.902. The maximum atomic E-state index is 12.6. The van der Waals surface area contributed by atoms with Gasteiger partial charge in [-0.3, -0.25) is 0 Å². The number of esters is 1. The predicted molar refractivity (Wildman–Crippen MR) is 133 cm³/mol. The number of ether oxygens (including phenoxy) is 1. The van der Waals surface area contributed by atoms with E-state index in [1.807, 2.05) is 24.5 Å². The van der Waals surface area contributed by atoms with E-state index in [2.05, 4.69) is 29.9 Å². The minimum absolute atomic E-state index is 0.429. The van der Waals surface area contributed by atoms with Crippen molar-refractivity contribution in [3.8, 4) is 23.2 Å². The standard InChI is InChI=1S/C28H39N3O2/c1-4-6-8-10-11-12-14-23-20-30-26(31-21-23)24-15-17-25(18-16-24)33-27(32)28(3,22-29)19-13-9-7-5-2/h15-18,20-21H,4-14,19H2,1-3H3. The molecule has 0 fully saturated rings. The van der Waals surface area contributed by atoms with Crippen molar-refractivity contribution in [2.24, 2.45) is 5.41 Å². The van der Waals surface area contributed by atoms with E-state index in [0.717, 1.165) is 43.2 Å². The second-order valence-electron chi connectivity index (χ2n) is 9.10. The van der Waals surface area contributed by atoms with Gasteiger partial charge in [0.15, 0.2) is 11.2 Å². The molecule has 0 aliphatic carbocycles. The lowest BCUT2D eigenvalue weighted by molar-refractivity contribution is -0.142. The van der Waals surface area contributed by atoms with E-state index >= 15 is 0 Å². The number of nitriles is 1. The van der Waals surface area contributed by atoms with Gasteiger partial charge in [0.25, 0.3) is 0 Å². The van der Waals surface area contributed by atoms with Gasteiger partial charge in [0, 0.05) is 18.0 Å². The predicted octanol–water partition coefficient (Wildman–Crippen LogP) is 7.45. The number of aryl methyl sites for hydroxylation is 1. The molecule has 0 saturated heterocycles. The third kappa shape index (κ3) is 8.96. The molecule has 178 valence electrons. The molecule has 2 aromatic rings. The Labute approximate surface area is 199 Å². The van der Waals surface area contributed by atoms with Crippen LogP contribution in [0, 0.1) is 16.7 Å². The highest BCUT2D eigenvalue weighted by Crippen LogP contribution is 2.28. The molecule has 0 aliphatic heterocycles. The van der Waals surface area contributed by atoms with E-state index < -0.39 is 11.4 Å². The highest BCUT2D eigenvalue weighted by atomic mass is 16.5. The summed E-state index contributed by atoms with van der Waals surface area (Å²) in [4.78, 5) is 21.6. The lowest BCUT2D eigenvalue weighted by atomic mass is 9.86. The van der Waals surface area contributed by atoms with Crippen LogP contribution in [0.1, 0.15) is 97.0 Å². The Morgan fingerprint density at radius 2 is 1.48 bits per heavy atom. The first-order valence-corrected chi connectivity index (χ1v) is 12.6. The number of unbranched alkanes of at least 4 members (excludes halogenated alkanes) is 8. The molecule has 33 heavy (non-hydrogen) atoms. The van der Waals surface area contributed by atoms with Crippen LogP contribution in [0.5, 0.6) is 5.75 Å². The van der Waals surface area contributed by atoms with Crippen LogP contribution >= 0.6 is 0 Å². The van der Waals surface area contributed by atoms with E-state index in [0.29, 0.717) is 18.0 Å². The average molecular weight is 450 g/mol. The fraction of sp³-hybridized carbons (Fsp3) is 0.571. The lowest BCUT2D eigenvalue weighted by Gasteiger charge is -2.19. The maximum absolute atomic E-state index is 12.6. The Bertz CT molecular complexity index is 872. The summed E-state index contributed by atoms with van der Waals surface area (Å²) < 4.78 is 5.51. The molecule has 0 amide bonds. The molecule has 1 atom stereocenters. The SMILES string of the molecule is CCCCCCCCc1cnc(-c2ccc(OC(=O)C(C)(C#N)CCCCCC)cc2)nc1. The Hall–Kier alpha value is -2.74. The van der Waals surface area contributed by atoms with Crippen molar-refractivity contribution in [1.29, 1.82) is 5.26 Å². The van der Waals surface area contributed by atoms with E-state index in [1.165, 1.54) is 38.5 Å². The number of carbonyl (C=O) groups excluding carboxylic acids is 1. The Morgan fingerprint density at radius 3 is 2.09 bits per heavy atom. The van der Waals surface area contributed by atoms with Gasteiger partial charge in [0.1, 0.15) is 5.75 Å². The van der Waals surface area contributed by atoms with Crippen molar-refractivity contribution in [2.45, 2.75) is 97.8 Å². The Morgan fingerprint density at radius 1 is 0.909 bits per heavy atom. The van der Waals surface area contributed by atoms with Gasteiger partial charge in [0.05, 0.1) is 6.07 Å². The van der Waals surface area contributed by atoms with Gasteiger partial charge in [-0.1, -0.05) is 71.6 Å². The average Bonchev–Trinajstić information content (AvgIpc) is 2.84. The zero-order valence-electron chi connectivity index (χ0n) is 20.6. The van der Waals surface area contributed by atoms with Crippen molar-refractivity contribution >= 4 is 5.97 Å². The molecule has 1 aromatic carbocycles. The first-order chi connectivity index (χ1) is 16.0. The normalized spacial score (nSPS) is 12.7. The summed E-state index contributed by atoms with van der Waals surface area (Å²) in [5.74, 6) is 0.584. The summed E-state index contributed by atoms with van der Waals surface area (Å²) >= 11 is 0. The molecule has 0 radical (unpaired) electrons. The number of rotatable bonds is 15. The van der Waals surface area contributed by atoms with Gasteiger partial charge >= 0.3 is 5.97 Å². The van der Waals surface area contributed by atoms with E-state index in [9.17, 15) is 10.1 Å². The number of aromatic nitrogens is 2. The van der Waals surface area contributed by atoms with Crippen LogP contribution in [-0.2, 0) is 11.2 Å². The van der Waals surface area contributed by atoms with Crippen LogP contribution in [0.4, 0.5) is 0 Å². The highest BCUT2D eigenvalue weighted by Gasteiger charge is 2.35. The Kier molecular flexibility index (Phi) is 11.6.